The number of nitrogens with zero attached hydrogens (tertiary/aromatic N) is 1. The number of imide groups is 1. The highest BCUT2D eigenvalue weighted by molar-refractivity contribution is 6.06. The van der Waals surface area contributed by atoms with Gasteiger partial charge in [0.1, 0.15) is 0 Å². The molecule has 0 radical (unpaired) electrons. The smallest absolute Gasteiger partial charge is 0.232 e. The van der Waals surface area contributed by atoms with E-state index >= 15 is 0 Å². The summed E-state index contributed by atoms with van der Waals surface area (Å²) in [5.41, 5.74) is 1.55. The molecular formula is C14H15N3O3. The van der Waals surface area contributed by atoms with Crippen LogP contribution in [0.2, 0.25) is 0 Å². The molecule has 20 heavy (non-hydrogen) atoms. The molecule has 2 atom stereocenters. The zero-order chi connectivity index (χ0) is 14.3. The van der Waals surface area contributed by atoms with Crippen LogP contribution in [0, 0.1) is 11.8 Å². The summed E-state index contributed by atoms with van der Waals surface area (Å²) in [6.45, 7) is 2.45. The maximum Gasteiger partial charge on any atom is 0.232 e. The molecule has 2 aliphatic heterocycles. The number of amides is 3. The van der Waals surface area contributed by atoms with Crippen molar-refractivity contribution in [1.82, 2.24) is 5.32 Å². The first-order valence-corrected chi connectivity index (χ1v) is 6.52. The molecule has 0 aliphatic carbocycles. The third kappa shape index (κ3) is 2.03. The van der Waals surface area contributed by atoms with Crippen LogP contribution >= 0.6 is 0 Å². The van der Waals surface area contributed by atoms with Crippen molar-refractivity contribution in [1.29, 1.82) is 0 Å². The van der Waals surface area contributed by atoms with Crippen LogP contribution in [0.3, 0.4) is 0 Å². The van der Waals surface area contributed by atoms with Crippen LogP contribution in [0.15, 0.2) is 24.3 Å². The Bertz CT molecular complexity index is 577. The van der Waals surface area contributed by atoms with E-state index in [2.05, 4.69) is 10.6 Å². The maximum absolute atomic E-state index is 11.7. The molecule has 2 heterocycles. The molecule has 104 valence electrons. The molecule has 0 bridgehead atoms. The van der Waals surface area contributed by atoms with Crippen molar-refractivity contribution in [3.8, 4) is 0 Å². The first-order valence-electron chi connectivity index (χ1n) is 6.52. The molecule has 2 aliphatic rings. The number of benzene rings is 1. The van der Waals surface area contributed by atoms with Crippen LogP contribution in [-0.4, -0.2) is 30.8 Å². The highest BCUT2D eigenvalue weighted by Crippen LogP contribution is 2.35. The Balaban J connectivity index is 1.87. The molecule has 0 saturated carbocycles. The van der Waals surface area contributed by atoms with Crippen molar-refractivity contribution < 1.29 is 14.4 Å². The first kappa shape index (κ1) is 12.7. The SMILES string of the molecule is CC(=O)Nc1ccccc1N1C[C@@H]2C(=O)NC(=O)[C@@H]2C1. The number of carbonyl (C=O) groups excluding carboxylic acids is 3. The summed E-state index contributed by atoms with van der Waals surface area (Å²) < 4.78 is 0. The molecule has 2 saturated heterocycles. The Morgan fingerprint density at radius 1 is 1.20 bits per heavy atom. The van der Waals surface area contributed by atoms with Gasteiger partial charge < -0.3 is 10.2 Å². The van der Waals surface area contributed by atoms with Gasteiger partial charge >= 0.3 is 0 Å². The van der Waals surface area contributed by atoms with Crippen molar-refractivity contribution in [3.63, 3.8) is 0 Å². The first-order chi connectivity index (χ1) is 9.56. The quantitative estimate of drug-likeness (QED) is 0.762. The minimum absolute atomic E-state index is 0.148. The van der Waals surface area contributed by atoms with Crippen LogP contribution in [0.5, 0.6) is 0 Å². The summed E-state index contributed by atoms with van der Waals surface area (Å²) in [5, 5.41) is 5.14. The van der Waals surface area contributed by atoms with Crippen LogP contribution < -0.4 is 15.5 Å². The van der Waals surface area contributed by atoms with Crippen molar-refractivity contribution >= 4 is 29.1 Å². The van der Waals surface area contributed by atoms with Gasteiger partial charge in [-0.25, -0.2) is 0 Å². The van der Waals surface area contributed by atoms with Crippen molar-refractivity contribution in [2.45, 2.75) is 6.92 Å². The molecular weight excluding hydrogens is 258 g/mol. The second kappa shape index (κ2) is 4.63. The number of hydrogen-bond acceptors (Lipinski definition) is 4. The number of carbonyl (C=O) groups is 3. The van der Waals surface area contributed by atoms with Crippen LogP contribution in [-0.2, 0) is 14.4 Å². The van der Waals surface area contributed by atoms with Crippen molar-refractivity contribution in [2.75, 3.05) is 23.3 Å². The molecule has 0 aromatic heterocycles. The maximum atomic E-state index is 11.7. The third-order valence-electron chi connectivity index (χ3n) is 3.80. The topological polar surface area (TPSA) is 78.5 Å². The summed E-state index contributed by atoms with van der Waals surface area (Å²) in [6, 6.07) is 7.40. The van der Waals surface area contributed by atoms with Crippen LogP contribution in [0.1, 0.15) is 6.92 Å². The van der Waals surface area contributed by atoms with E-state index in [-0.39, 0.29) is 29.6 Å². The van der Waals surface area contributed by atoms with E-state index < -0.39 is 0 Å². The van der Waals surface area contributed by atoms with Gasteiger partial charge in [-0.15, -0.1) is 0 Å². The fourth-order valence-corrected chi connectivity index (χ4v) is 2.88. The predicted octanol–water partition coefficient (Wildman–Crippen LogP) is 0.354. The lowest BCUT2D eigenvalue weighted by Crippen LogP contribution is -2.31. The van der Waals surface area contributed by atoms with E-state index in [0.29, 0.717) is 18.8 Å². The van der Waals surface area contributed by atoms with Gasteiger partial charge in [0.15, 0.2) is 0 Å². The summed E-state index contributed by atoms with van der Waals surface area (Å²) in [6.07, 6.45) is 0. The summed E-state index contributed by atoms with van der Waals surface area (Å²) in [7, 11) is 0. The highest BCUT2D eigenvalue weighted by Gasteiger charge is 2.48. The Hall–Kier alpha value is -2.37. The van der Waals surface area contributed by atoms with Crippen LogP contribution in [0.4, 0.5) is 11.4 Å². The molecule has 2 fully saturated rings. The van der Waals surface area contributed by atoms with Crippen molar-refractivity contribution in [3.05, 3.63) is 24.3 Å². The van der Waals surface area contributed by atoms with E-state index in [9.17, 15) is 14.4 Å². The van der Waals surface area contributed by atoms with E-state index in [1.54, 1.807) is 0 Å². The van der Waals surface area contributed by atoms with Gasteiger partial charge in [0.05, 0.1) is 23.2 Å². The molecule has 1 aromatic rings. The number of anilines is 2. The zero-order valence-electron chi connectivity index (χ0n) is 11.1. The molecule has 1 aromatic carbocycles. The van der Waals surface area contributed by atoms with Gasteiger partial charge in [0.25, 0.3) is 0 Å². The second-order valence-electron chi connectivity index (χ2n) is 5.17. The lowest BCUT2D eigenvalue weighted by molar-refractivity contribution is -0.126. The van der Waals surface area contributed by atoms with Gasteiger partial charge in [-0.3, -0.25) is 19.7 Å². The molecule has 2 N–H and O–H groups in total. The van der Waals surface area contributed by atoms with Gasteiger partial charge in [0, 0.05) is 20.0 Å². The summed E-state index contributed by atoms with van der Waals surface area (Å²) in [4.78, 5) is 36.6. The second-order valence-corrected chi connectivity index (χ2v) is 5.17. The number of fused-ring (bicyclic) bond motifs is 1. The molecule has 3 rings (SSSR count). The fraction of sp³-hybridized carbons (Fsp3) is 0.357. The van der Waals surface area contributed by atoms with E-state index in [4.69, 9.17) is 0 Å². The molecule has 0 spiro atoms. The Morgan fingerprint density at radius 3 is 2.40 bits per heavy atom. The van der Waals surface area contributed by atoms with Crippen molar-refractivity contribution in [2.24, 2.45) is 11.8 Å². The fourth-order valence-electron chi connectivity index (χ4n) is 2.88. The minimum atomic E-state index is -0.284. The average Bonchev–Trinajstić information content (AvgIpc) is 2.92. The monoisotopic (exact) mass is 273 g/mol. The number of hydrogen-bond donors (Lipinski definition) is 2. The standard InChI is InChI=1S/C14H15N3O3/c1-8(18)15-11-4-2-3-5-12(11)17-6-9-10(7-17)14(20)16-13(9)19/h2-5,9-10H,6-7H2,1H3,(H,15,18)(H,16,19,20)/t9-,10+. The number of rotatable bonds is 2. The average molecular weight is 273 g/mol. The Morgan fingerprint density at radius 2 is 1.80 bits per heavy atom. The number of para-hydroxylation sites is 2. The normalized spacial score (nSPS) is 24.6. The van der Waals surface area contributed by atoms with Gasteiger partial charge in [-0.1, -0.05) is 12.1 Å². The highest BCUT2D eigenvalue weighted by atomic mass is 16.2. The largest absolute Gasteiger partial charge is 0.368 e. The predicted molar refractivity (Wildman–Crippen MR) is 73.1 cm³/mol. The molecule has 0 unspecified atom stereocenters. The molecule has 6 heteroatoms. The summed E-state index contributed by atoms with van der Waals surface area (Å²) in [5.74, 6) is -1.11. The van der Waals surface area contributed by atoms with Gasteiger partial charge in [-0.2, -0.15) is 0 Å². The molecule has 6 nitrogen and oxygen atoms in total. The van der Waals surface area contributed by atoms with E-state index in [1.807, 2.05) is 29.2 Å². The van der Waals surface area contributed by atoms with E-state index in [1.165, 1.54) is 6.92 Å². The zero-order valence-corrected chi connectivity index (χ0v) is 11.1. The summed E-state index contributed by atoms with van der Waals surface area (Å²) >= 11 is 0. The van der Waals surface area contributed by atoms with E-state index in [0.717, 1.165) is 5.69 Å². The Labute approximate surface area is 116 Å². The van der Waals surface area contributed by atoms with Crippen LogP contribution in [0.25, 0.3) is 0 Å². The number of nitrogens with one attached hydrogen (secondary N) is 2. The van der Waals surface area contributed by atoms with Gasteiger partial charge in [0.2, 0.25) is 17.7 Å². The minimum Gasteiger partial charge on any atom is -0.368 e. The lowest BCUT2D eigenvalue weighted by Gasteiger charge is -2.22. The van der Waals surface area contributed by atoms with Gasteiger partial charge in [-0.05, 0) is 12.1 Å². The third-order valence-corrected chi connectivity index (χ3v) is 3.80. The Kier molecular flexibility index (Phi) is 2.93. The lowest BCUT2D eigenvalue weighted by atomic mass is 10.00. The molecule has 3 amide bonds.